The molecule has 6 heteroatoms. The van der Waals surface area contributed by atoms with Gasteiger partial charge in [-0.3, -0.25) is 0 Å². The second kappa shape index (κ2) is 3.55. The Morgan fingerprint density at radius 3 is 2.25 bits per heavy atom. The Morgan fingerprint density at radius 2 is 1.75 bits per heavy atom. The SMILES string of the molecule is Nc1cn(-c2ccccc2)nc1C(F)(F)F. The Hall–Kier alpha value is -1.98. The van der Waals surface area contributed by atoms with Crippen molar-refractivity contribution < 1.29 is 13.2 Å². The molecule has 1 aromatic carbocycles. The van der Waals surface area contributed by atoms with Crippen molar-refractivity contribution in [1.29, 1.82) is 0 Å². The monoisotopic (exact) mass is 227 g/mol. The van der Waals surface area contributed by atoms with Gasteiger partial charge in [0, 0.05) is 0 Å². The molecule has 0 atom stereocenters. The first kappa shape index (κ1) is 10.5. The third-order valence-corrected chi connectivity index (χ3v) is 2.03. The van der Waals surface area contributed by atoms with E-state index >= 15 is 0 Å². The van der Waals surface area contributed by atoms with Crippen LogP contribution in [0.1, 0.15) is 5.69 Å². The number of benzene rings is 1. The number of nitrogens with two attached hydrogens (primary N) is 1. The number of anilines is 1. The maximum Gasteiger partial charge on any atom is 0.437 e. The van der Waals surface area contributed by atoms with E-state index in [1.165, 1.54) is 0 Å². The number of halogens is 3. The van der Waals surface area contributed by atoms with Crippen molar-refractivity contribution in [1.82, 2.24) is 9.78 Å². The molecule has 2 N–H and O–H groups in total. The van der Waals surface area contributed by atoms with Crippen LogP contribution >= 0.6 is 0 Å². The third-order valence-electron chi connectivity index (χ3n) is 2.03. The van der Waals surface area contributed by atoms with Crippen LogP contribution < -0.4 is 5.73 Å². The maximum atomic E-state index is 12.4. The molecular formula is C10H8F3N3. The predicted molar refractivity (Wildman–Crippen MR) is 53.0 cm³/mol. The minimum Gasteiger partial charge on any atom is -0.396 e. The Bertz CT molecular complexity index is 488. The van der Waals surface area contributed by atoms with Crippen molar-refractivity contribution in [3.8, 4) is 5.69 Å². The summed E-state index contributed by atoms with van der Waals surface area (Å²) in [4.78, 5) is 0. The first-order valence-corrected chi connectivity index (χ1v) is 4.46. The summed E-state index contributed by atoms with van der Waals surface area (Å²) in [5.74, 6) is 0. The summed E-state index contributed by atoms with van der Waals surface area (Å²) in [6.45, 7) is 0. The van der Waals surface area contributed by atoms with Gasteiger partial charge in [0.05, 0.1) is 17.6 Å². The highest BCUT2D eigenvalue weighted by atomic mass is 19.4. The van der Waals surface area contributed by atoms with Gasteiger partial charge in [-0.05, 0) is 12.1 Å². The van der Waals surface area contributed by atoms with Crippen molar-refractivity contribution in [3.05, 3.63) is 42.2 Å². The number of hydrogen-bond donors (Lipinski definition) is 1. The second-order valence-electron chi connectivity index (χ2n) is 3.21. The lowest BCUT2D eigenvalue weighted by Crippen LogP contribution is -2.09. The van der Waals surface area contributed by atoms with Gasteiger partial charge in [-0.2, -0.15) is 18.3 Å². The minimum atomic E-state index is -4.52. The summed E-state index contributed by atoms with van der Waals surface area (Å²) in [5, 5.41) is 3.42. The highest BCUT2D eigenvalue weighted by molar-refractivity contribution is 5.45. The molecule has 0 spiro atoms. The molecule has 0 amide bonds. The fraction of sp³-hybridized carbons (Fsp3) is 0.100. The van der Waals surface area contributed by atoms with Crippen LogP contribution in [-0.2, 0) is 6.18 Å². The van der Waals surface area contributed by atoms with E-state index in [1.54, 1.807) is 30.3 Å². The van der Waals surface area contributed by atoms with Crippen LogP contribution in [0.25, 0.3) is 5.69 Å². The molecule has 0 aliphatic carbocycles. The van der Waals surface area contributed by atoms with Crippen LogP contribution in [0.4, 0.5) is 18.9 Å². The van der Waals surface area contributed by atoms with Crippen LogP contribution in [-0.4, -0.2) is 9.78 Å². The van der Waals surface area contributed by atoms with E-state index in [0.717, 1.165) is 10.9 Å². The van der Waals surface area contributed by atoms with Gasteiger partial charge in [0.2, 0.25) is 0 Å². The molecule has 0 aliphatic rings. The van der Waals surface area contributed by atoms with Gasteiger partial charge in [0.25, 0.3) is 0 Å². The topological polar surface area (TPSA) is 43.8 Å². The van der Waals surface area contributed by atoms with E-state index in [0.29, 0.717) is 5.69 Å². The molecule has 0 aliphatic heterocycles. The van der Waals surface area contributed by atoms with Crippen molar-refractivity contribution in [2.75, 3.05) is 5.73 Å². The molecule has 3 nitrogen and oxygen atoms in total. The Labute approximate surface area is 89.3 Å². The van der Waals surface area contributed by atoms with Gasteiger partial charge in [-0.1, -0.05) is 18.2 Å². The van der Waals surface area contributed by atoms with Crippen molar-refractivity contribution >= 4 is 5.69 Å². The van der Waals surface area contributed by atoms with E-state index in [-0.39, 0.29) is 5.69 Å². The van der Waals surface area contributed by atoms with E-state index in [2.05, 4.69) is 5.10 Å². The first-order chi connectivity index (χ1) is 7.48. The predicted octanol–water partition coefficient (Wildman–Crippen LogP) is 2.47. The Morgan fingerprint density at radius 1 is 1.12 bits per heavy atom. The largest absolute Gasteiger partial charge is 0.437 e. The molecule has 2 rings (SSSR count). The number of hydrogen-bond acceptors (Lipinski definition) is 2. The summed E-state index contributed by atoms with van der Waals surface area (Å²) in [6.07, 6.45) is -3.37. The normalized spacial score (nSPS) is 11.7. The van der Waals surface area contributed by atoms with Gasteiger partial charge in [0.15, 0.2) is 5.69 Å². The molecule has 0 fully saturated rings. The molecule has 1 aromatic heterocycles. The van der Waals surface area contributed by atoms with E-state index < -0.39 is 11.9 Å². The lowest BCUT2D eigenvalue weighted by atomic mass is 10.3. The van der Waals surface area contributed by atoms with Gasteiger partial charge < -0.3 is 5.73 Å². The molecule has 0 bridgehead atoms. The Balaban J connectivity index is 2.47. The number of para-hydroxylation sites is 1. The summed E-state index contributed by atoms with van der Waals surface area (Å²) < 4.78 is 38.4. The molecule has 16 heavy (non-hydrogen) atoms. The maximum absolute atomic E-state index is 12.4. The van der Waals surface area contributed by atoms with Gasteiger partial charge in [-0.15, -0.1) is 0 Å². The van der Waals surface area contributed by atoms with Crippen LogP contribution in [0.15, 0.2) is 36.5 Å². The van der Waals surface area contributed by atoms with E-state index in [1.807, 2.05) is 0 Å². The van der Waals surface area contributed by atoms with Crippen molar-refractivity contribution in [2.45, 2.75) is 6.18 Å². The molecule has 0 radical (unpaired) electrons. The van der Waals surface area contributed by atoms with Crippen LogP contribution in [0.3, 0.4) is 0 Å². The van der Waals surface area contributed by atoms with E-state index in [4.69, 9.17) is 5.73 Å². The number of rotatable bonds is 1. The number of alkyl halides is 3. The molecule has 0 unspecified atom stereocenters. The van der Waals surface area contributed by atoms with Crippen LogP contribution in [0.5, 0.6) is 0 Å². The number of aromatic nitrogens is 2. The van der Waals surface area contributed by atoms with Gasteiger partial charge in [-0.25, -0.2) is 4.68 Å². The molecule has 2 aromatic rings. The zero-order valence-electron chi connectivity index (χ0n) is 8.07. The van der Waals surface area contributed by atoms with Crippen molar-refractivity contribution in [2.24, 2.45) is 0 Å². The van der Waals surface area contributed by atoms with Gasteiger partial charge >= 0.3 is 6.18 Å². The summed E-state index contributed by atoms with van der Waals surface area (Å²) in [7, 11) is 0. The highest BCUT2D eigenvalue weighted by Gasteiger charge is 2.36. The smallest absolute Gasteiger partial charge is 0.396 e. The van der Waals surface area contributed by atoms with Crippen molar-refractivity contribution in [3.63, 3.8) is 0 Å². The molecule has 0 saturated carbocycles. The summed E-state index contributed by atoms with van der Waals surface area (Å²) >= 11 is 0. The van der Waals surface area contributed by atoms with Crippen LogP contribution in [0, 0.1) is 0 Å². The highest BCUT2D eigenvalue weighted by Crippen LogP contribution is 2.32. The number of nitrogens with zero attached hydrogens (tertiary/aromatic N) is 2. The Kier molecular flexibility index (Phi) is 2.34. The first-order valence-electron chi connectivity index (χ1n) is 4.46. The summed E-state index contributed by atoms with van der Waals surface area (Å²) in [6, 6.07) is 8.47. The lowest BCUT2D eigenvalue weighted by Gasteiger charge is -2.02. The minimum absolute atomic E-state index is 0.378. The second-order valence-corrected chi connectivity index (χ2v) is 3.21. The quantitative estimate of drug-likeness (QED) is 0.813. The molecule has 84 valence electrons. The third kappa shape index (κ3) is 1.86. The standard InChI is InChI=1S/C10H8F3N3/c11-10(12,13)9-8(14)6-16(15-9)7-4-2-1-3-5-7/h1-6H,14H2. The molecule has 0 saturated heterocycles. The van der Waals surface area contributed by atoms with E-state index in [9.17, 15) is 13.2 Å². The lowest BCUT2D eigenvalue weighted by molar-refractivity contribution is -0.140. The number of nitrogen functional groups attached to an aromatic ring is 1. The average Bonchev–Trinajstić information content (AvgIpc) is 2.61. The zero-order valence-corrected chi connectivity index (χ0v) is 8.07. The van der Waals surface area contributed by atoms with Gasteiger partial charge in [0.1, 0.15) is 0 Å². The average molecular weight is 227 g/mol. The molecular weight excluding hydrogens is 219 g/mol. The summed E-state index contributed by atoms with van der Waals surface area (Å²) in [5.41, 5.74) is 4.36. The fourth-order valence-electron chi connectivity index (χ4n) is 1.32. The fourth-order valence-corrected chi connectivity index (χ4v) is 1.32. The molecule has 1 heterocycles. The van der Waals surface area contributed by atoms with Crippen LogP contribution in [0.2, 0.25) is 0 Å². The zero-order chi connectivity index (χ0) is 11.8.